The second-order valence-electron chi connectivity index (χ2n) is 10.1. The van der Waals surface area contributed by atoms with Crippen LogP contribution in [0.1, 0.15) is 25.0 Å². The molecule has 5 heterocycles. The third kappa shape index (κ3) is 4.01. The number of rotatable bonds is 3. The number of aliphatic imine (C=N–C) groups is 1. The van der Waals surface area contributed by atoms with Crippen molar-refractivity contribution < 1.29 is 23.0 Å². The maximum absolute atomic E-state index is 13.5. The summed E-state index contributed by atoms with van der Waals surface area (Å²) >= 11 is 0. The van der Waals surface area contributed by atoms with E-state index in [1.807, 2.05) is 22.0 Å². The molecule has 182 valence electrons. The van der Waals surface area contributed by atoms with Crippen molar-refractivity contribution in [1.29, 1.82) is 0 Å². The van der Waals surface area contributed by atoms with Gasteiger partial charge in [-0.15, -0.1) is 0 Å². The summed E-state index contributed by atoms with van der Waals surface area (Å²) in [4.78, 5) is 32.7. The average molecular weight is 481 g/mol. The quantitative estimate of drug-likeness (QED) is 0.674. The lowest BCUT2D eigenvalue weighted by molar-refractivity contribution is -0.140. The maximum atomic E-state index is 13.5. The third-order valence-corrected chi connectivity index (χ3v) is 7.57. The van der Waals surface area contributed by atoms with Crippen LogP contribution in [0.25, 0.3) is 5.57 Å². The fourth-order valence-corrected chi connectivity index (χ4v) is 5.94. The SMILES string of the molecule is O=C1CO[C@H]2CCN(C(=O)N3CC4(CC(=C/C(=C5\C=CC=N5)c5cccn5B(F)F)C4)C3)C[C@H]2N1. The van der Waals surface area contributed by atoms with Crippen LogP contribution >= 0.6 is 0 Å². The molecule has 11 heteroatoms. The number of hydrogen-bond donors (Lipinski definition) is 1. The van der Waals surface area contributed by atoms with E-state index in [-0.39, 0.29) is 36.1 Å². The van der Waals surface area contributed by atoms with Gasteiger partial charge in [-0.05, 0) is 49.7 Å². The second kappa shape index (κ2) is 8.48. The smallest absolute Gasteiger partial charge is 0.366 e. The monoisotopic (exact) mass is 481 g/mol. The number of amides is 3. The largest absolute Gasteiger partial charge is 0.677 e. The molecule has 1 N–H and O–H groups in total. The van der Waals surface area contributed by atoms with E-state index in [9.17, 15) is 18.2 Å². The molecule has 0 radical (unpaired) electrons. The molecule has 6 rings (SSSR count). The fraction of sp³-hybridized carbons (Fsp3) is 0.458. The summed E-state index contributed by atoms with van der Waals surface area (Å²) in [6, 6.07) is 3.17. The van der Waals surface area contributed by atoms with Gasteiger partial charge < -0.3 is 24.3 Å². The molecule has 2 atom stereocenters. The molecule has 1 spiro atoms. The number of urea groups is 1. The fourth-order valence-electron chi connectivity index (χ4n) is 5.94. The number of morpholine rings is 1. The van der Waals surface area contributed by atoms with Crippen LogP contribution in [0, 0.1) is 5.41 Å². The van der Waals surface area contributed by atoms with Crippen LogP contribution < -0.4 is 5.32 Å². The van der Waals surface area contributed by atoms with Crippen molar-refractivity contribution in [3.05, 3.63) is 53.5 Å². The molecule has 1 aromatic rings. The molecule has 4 fully saturated rings. The number of nitrogens with one attached hydrogen (secondary N) is 1. The van der Waals surface area contributed by atoms with Gasteiger partial charge in [-0.2, -0.15) is 0 Å². The van der Waals surface area contributed by atoms with Crippen molar-refractivity contribution in [3.63, 3.8) is 0 Å². The molecule has 1 aromatic heterocycles. The Hall–Kier alpha value is -3.21. The summed E-state index contributed by atoms with van der Waals surface area (Å²) in [5.41, 5.74) is 3.06. The van der Waals surface area contributed by atoms with Crippen LogP contribution in [-0.4, -0.2) is 84.8 Å². The molecule has 0 bridgehead atoms. The first-order chi connectivity index (χ1) is 16.9. The van der Waals surface area contributed by atoms with Crippen LogP contribution in [0.2, 0.25) is 0 Å². The molecule has 4 aliphatic heterocycles. The molecule has 0 unspecified atom stereocenters. The molecule has 3 saturated heterocycles. The molecule has 3 amide bonds. The number of hydrogen-bond acceptors (Lipinski definition) is 4. The van der Waals surface area contributed by atoms with Gasteiger partial charge in [0.05, 0.1) is 17.8 Å². The van der Waals surface area contributed by atoms with Crippen molar-refractivity contribution in [2.75, 3.05) is 32.8 Å². The summed E-state index contributed by atoms with van der Waals surface area (Å²) in [7, 11) is -2.62. The van der Waals surface area contributed by atoms with E-state index in [1.54, 1.807) is 24.4 Å². The number of fused-ring (bicyclic) bond motifs is 1. The predicted molar refractivity (Wildman–Crippen MR) is 127 cm³/mol. The van der Waals surface area contributed by atoms with Crippen molar-refractivity contribution >= 4 is 31.1 Å². The van der Waals surface area contributed by atoms with E-state index >= 15 is 0 Å². The van der Waals surface area contributed by atoms with E-state index in [2.05, 4.69) is 10.3 Å². The van der Waals surface area contributed by atoms with Crippen molar-refractivity contribution in [2.45, 2.75) is 31.4 Å². The molecule has 1 aliphatic carbocycles. The lowest BCUT2D eigenvalue weighted by atomic mass is 9.60. The number of piperidine rings is 1. The van der Waals surface area contributed by atoms with Gasteiger partial charge in [-0.25, -0.2) is 4.79 Å². The lowest BCUT2D eigenvalue weighted by Crippen LogP contribution is -2.67. The Labute approximate surface area is 202 Å². The molecule has 8 nitrogen and oxygen atoms in total. The van der Waals surface area contributed by atoms with Gasteiger partial charge in [0.25, 0.3) is 0 Å². The Morgan fingerprint density at radius 3 is 2.86 bits per heavy atom. The standard InChI is InChI=1S/C24H26BF2N5O3/c26-25(27)32-7-2-4-20(32)17(18-3-1-6-28-18)9-16-10-24(11-16)14-31(15-24)23(34)30-8-5-21-19(12-30)29-22(33)13-35-21/h1-4,6-7,9,19,21H,5,8,10-15H2,(H,29,33)/b18-17-/t19-,21+/m1/s1. The highest BCUT2D eigenvalue weighted by Gasteiger charge is 2.52. The van der Waals surface area contributed by atoms with E-state index < -0.39 is 7.40 Å². The first-order valence-corrected chi connectivity index (χ1v) is 12.0. The van der Waals surface area contributed by atoms with E-state index in [0.717, 1.165) is 23.7 Å². The molecule has 1 saturated carbocycles. The number of ether oxygens (including phenoxy) is 1. The number of aromatic nitrogens is 1. The second-order valence-corrected chi connectivity index (χ2v) is 10.1. The summed E-state index contributed by atoms with van der Waals surface area (Å²) in [6.45, 7) is 2.56. The Kier molecular flexibility index (Phi) is 5.39. The molecule has 5 aliphatic rings. The van der Waals surface area contributed by atoms with Crippen molar-refractivity contribution in [2.24, 2.45) is 10.4 Å². The minimum atomic E-state index is -2.62. The minimum absolute atomic E-state index is 0.00863. The zero-order chi connectivity index (χ0) is 24.2. The number of carbonyl (C=O) groups is 2. The Bertz CT molecular complexity index is 1160. The van der Waals surface area contributed by atoms with Crippen molar-refractivity contribution in [3.8, 4) is 0 Å². The zero-order valence-corrected chi connectivity index (χ0v) is 19.2. The first kappa shape index (κ1) is 22.3. The van der Waals surface area contributed by atoms with Crippen LogP contribution in [-0.2, 0) is 9.53 Å². The van der Waals surface area contributed by atoms with Crippen LogP contribution in [0.3, 0.4) is 0 Å². The number of allylic oxidation sites excluding steroid dienone is 5. The number of halogens is 2. The molecular formula is C24H26BF2N5O3. The molecular weight excluding hydrogens is 455 g/mol. The van der Waals surface area contributed by atoms with Crippen LogP contribution in [0.4, 0.5) is 13.4 Å². The Balaban J connectivity index is 1.09. The van der Waals surface area contributed by atoms with Gasteiger partial charge in [-0.1, -0.05) is 11.6 Å². The van der Waals surface area contributed by atoms with Gasteiger partial charge >= 0.3 is 13.4 Å². The Morgan fingerprint density at radius 1 is 1.29 bits per heavy atom. The molecule has 0 aromatic carbocycles. The summed E-state index contributed by atoms with van der Waals surface area (Å²) in [5.74, 6) is -0.133. The number of likely N-dealkylation sites (tertiary alicyclic amines) is 2. The first-order valence-electron chi connectivity index (χ1n) is 12.0. The summed E-state index contributed by atoms with van der Waals surface area (Å²) < 4.78 is 33.6. The Morgan fingerprint density at radius 2 is 2.11 bits per heavy atom. The van der Waals surface area contributed by atoms with Crippen LogP contribution in [0.5, 0.6) is 0 Å². The average Bonchev–Trinajstić information content (AvgIpc) is 3.49. The van der Waals surface area contributed by atoms with Crippen molar-refractivity contribution in [1.82, 2.24) is 19.6 Å². The highest BCUT2D eigenvalue weighted by Crippen LogP contribution is 2.52. The number of carbonyl (C=O) groups excluding carboxylic acids is 2. The number of nitrogens with zero attached hydrogens (tertiary/aromatic N) is 4. The molecule has 35 heavy (non-hydrogen) atoms. The maximum Gasteiger partial charge on any atom is 0.677 e. The van der Waals surface area contributed by atoms with Crippen LogP contribution in [0.15, 0.2) is 52.8 Å². The van der Waals surface area contributed by atoms with Gasteiger partial charge in [-0.3, -0.25) is 18.4 Å². The normalized spacial score (nSPS) is 27.8. The zero-order valence-electron chi connectivity index (χ0n) is 19.2. The summed E-state index contributed by atoms with van der Waals surface area (Å²) in [6.07, 6.45) is 11.0. The topological polar surface area (TPSA) is 79.2 Å². The third-order valence-electron chi connectivity index (χ3n) is 7.57. The minimum Gasteiger partial charge on any atom is -0.366 e. The van der Waals surface area contributed by atoms with Gasteiger partial charge in [0.2, 0.25) is 5.91 Å². The lowest BCUT2D eigenvalue weighted by Gasteiger charge is -2.58. The van der Waals surface area contributed by atoms with Gasteiger partial charge in [0.1, 0.15) is 6.61 Å². The van der Waals surface area contributed by atoms with Gasteiger partial charge in [0, 0.05) is 49.1 Å². The highest BCUT2D eigenvalue weighted by molar-refractivity contribution is 6.41. The van der Waals surface area contributed by atoms with Gasteiger partial charge in [0.15, 0.2) is 0 Å². The predicted octanol–water partition coefficient (Wildman–Crippen LogP) is 2.34. The van der Waals surface area contributed by atoms with E-state index in [1.165, 1.54) is 11.8 Å². The summed E-state index contributed by atoms with van der Waals surface area (Å²) in [5, 5.41) is 2.93. The van der Waals surface area contributed by atoms with E-state index in [4.69, 9.17) is 4.74 Å². The highest BCUT2D eigenvalue weighted by atomic mass is 19.2. The van der Waals surface area contributed by atoms with E-state index in [0.29, 0.717) is 43.1 Å².